The zero-order valence-electron chi connectivity index (χ0n) is 19.5. The largest absolute Gasteiger partial charge is 0.291 e. The summed E-state index contributed by atoms with van der Waals surface area (Å²) in [4.78, 5) is 4.65. The van der Waals surface area contributed by atoms with E-state index in [2.05, 4.69) is 50.9 Å². The maximum Gasteiger partial charge on any atom is 0.145 e. The van der Waals surface area contributed by atoms with Crippen LogP contribution in [0.5, 0.6) is 0 Å². The van der Waals surface area contributed by atoms with Crippen LogP contribution in [0.25, 0.3) is 38.6 Å². The smallest absolute Gasteiger partial charge is 0.145 e. The highest BCUT2D eigenvalue weighted by Crippen LogP contribution is 2.36. The average molecular weight is 443 g/mol. The molecular formula is C29H28F2N2. The lowest BCUT2D eigenvalue weighted by Crippen LogP contribution is -2.05. The number of benzene rings is 3. The van der Waals surface area contributed by atoms with Gasteiger partial charge in [0.2, 0.25) is 0 Å². The summed E-state index contributed by atoms with van der Waals surface area (Å²) in [5, 5.41) is 3.16. The summed E-state index contributed by atoms with van der Waals surface area (Å²) < 4.78 is 31.6. The summed E-state index contributed by atoms with van der Waals surface area (Å²) >= 11 is 0. The molecule has 0 saturated carbocycles. The van der Waals surface area contributed by atoms with Gasteiger partial charge in [-0.05, 0) is 65.5 Å². The van der Waals surface area contributed by atoms with Gasteiger partial charge in [-0.2, -0.15) is 0 Å². The minimum absolute atomic E-state index is 0.0433. The van der Waals surface area contributed by atoms with Gasteiger partial charge in [0.15, 0.2) is 0 Å². The highest BCUT2D eigenvalue weighted by Gasteiger charge is 2.20. The van der Waals surface area contributed by atoms with Gasteiger partial charge in [0.25, 0.3) is 0 Å². The van der Waals surface area contributed by atoms with Crippen LogP contribution in [0.2, 0.25) is 0 Å². The fraction of sp³-hybridized carbons (Fsp3) is 0.276. The van der Waals surface area contributed by atoms with Crippen LogP contribution in [0.3, 0.4) is 0 Å². The molecule has 0 unspecified atom stereocenters. The molecule has 2 nitrogen and oxygen atoms in total. The van der Waals surface area contributed by atoms with Crippen LogP contribution in [0.15, 0.2) is 60.8 Å². The van der Waals surface area contributed by atoms with Crippen LogP contribution in [-0.4, -0.2) is 9.38 Å². The second-order valence-corrected chi connectivity index (χ2v) is 9.78. The first-order valence-corrected chi connectivity index (χ1v) is 11.6. The van der Waals surface area contributed by atoms with E-state index in [4.69, 9.17) is 0 Å². The van der Waals surface area contributed by atoms with Gasteiger partial charge in [-0.25, -0.2) is 13.8 Å². The zero-order chi connectivity index (χ0) is 23.3. The van der Waals surface area contributed by atoms with Crippen molar-refractivity contribution in [2.24, 2.45) is 11.8 Å². The Hall–Kier alpha value is -3.27. The fourth-order valence-electron chi connectivity index (χ4n) is 4.95. The van der Waals surface area contributed by atoms with E-state index < -0.39 is 11.6 Å². The quantitative estimate of drug-likeness (QED) is 0.252. The number of hydrogen-bond donors (Lipinski definition) is 0. The van der Waals surface area contributed by atoms with E-state index >= 15 is 0 Å². The number of pyridine rings is 1. The Morgan fingerprint density at radius 3 is 2.00 bits per heavy atom. The third-order valence-electron chi connectivity index (χ3n) is 6.25. The molecule has 5 rings (SSSR count). The van der Waals surface area contributed by atoms with E-state index in [1.54, 1.807) is 6.20 Å². The van der Waals surface area contributed by atoms with E-state index in [0.717, 1.165) is 34.5 Å². The molecule has 0 aliphatic carbocycles. The number of imidazole rings is 1. The molecule has 2 heterocycles. The Morgan fingerprint density at radius 1 is 0.758 bits per heavy atom. The Morgan fingerprint density at radius 2 is 1.36 bits per heavy atom. The van der Waals surface area contributed by atoms with Crippen molar-refractivity contribution in [1.82, 2.24) is 9.38 Å². The van der Waals surface area contributed by atoms with Gasteiger partial charge >= 0.3 is 0 Å². The molecule has 2 aromatic heterocycles. The minimum atomic E-state index is -0.586. The summed E-state index contributed by atoms with van der Waals surface area (Å²) in [6.45, 7) is 8.91. The van der Waals surface area contributed by atoms with Crippen molar-refractivity contribution < 1.29 is 8.78 Å². The molecule has 33 heavy (non-hydrogen) atoms. The third-order valence-corrected chi connectivity index (χ3v) is 6.25. The Bertz CT molecular complexity index is 1470. The molecule has 0 amide bonds. The van der Waals surface area contributed by atoms with Crippen LogP contribution in [0.4, 0.5) is 8.78 Å². The SMILES string of the molecule is CC(C)Cc1cc2c3ccccc3c3ncc(-c4c(F)cccc4F)n3c2cc1CC(C)C. The standard InChI is InChI=1S/C29H28F2N2/c1-17(2)12-19-14-23-21-8-5-6-9-22(21)29-32-16-27(28-24(30)10-7-11-25(28)31)33(29)26(23)15-20(19)13-18(3)4/h5-11,14-18H,12-13H2,1-4H3. The van der Waals surface area contributed by atoms with Crippen LogP contribution in [0, 0.1) is 23.5 Å². The van der Waals surface area contributed by atoms with Gasteiger partial charge < -0.3 is 0 Å². The number of rotatable bonds is 5. The summed E-state index contributed by atoms with van der Waals surface area (Å²) in [7, 11) is 0. The lowest BCUT2D eigenvalue weighted by Gasteiger charge is -2.18. The Labute approximate surface area is 192 Å². The lowest BCUT2D eigenvalue weighted by atomic mass is 9.90. The minimum Gasteiger partial charge on any atom is -0.291 e. The van der Waals surface area contributed by atoms with E-state index in [1.807, 2.05) is 22.6 Å². The molecule has 0 aliphatic rings. The summed E-state index contributed by atoms with van der Waals surface area (Å²) in [5.41, 5.74) is 4.66. The van der Waals surface area contributed by atoms with Gasteiger partial charge in [0, 0.05) is 10.8 Å². The number of halogens is 2. The molecule has 3 aromatic carbocycles. The molecule has 168 valence electrons. The van der Waals surface area contributed by atoms with Crippen LogP contribution < -0.4 is 0 Å². The summed E-state index contributed by atoms with van der Waals surface area (Å²) in [6.07, 6.45) is 3.53. The lowest BCUT2D eigenvalue weighted by molar-refractivity contribution is 0.588. The zero-order valence-corrected chi connectivity index (χ0v) is 19.5. The number of aromatic nitrogens is 2. The van der Waals surface area contributed by atoms with Gasteiger partial charge in [-0.1, -0.05) is 58.0 Å². The molecule has 4 heteroatoms. The van der Waals surface area contributed by atoms with Crippen LogP contribution in [0.1, 0.15) is 38.8 Å². The van der Waals surface area contributed by atoms with Crippen molar-refractivity contribution >= 4 is 27.3 Å². The number of hydrogen-bond acceptors (Lipinski definition) is 1. The second kappa shape index (κ2) is 8.26. The fourth-order valence-corrected chi connectivity index (χ4v) is 4.95. The average Bonchev–Trinajstić information content (AvgIpc) is 3.19. The van der Waals surface area contributed by atoms with Crippen LogP contribution in [-0.2, 0) is 12.8 Å². The van der Waals surface area contributed by atoms with Crippen molar-refractivity contribution in [1.29, 1.82) is 0 Å². The molecule has 0 bridgehead atoms. The molecule has 0 N–H and O–H groups in total. The van der Waals surface area contributed by atoms with Gasteiger partial charge in [0.1, 0.15) is 17.3 Å². The molecule has 0 radical (unpaired) electrons. The van der Waals surface area contributed by atoms with E-state index in [9.17, 15) is 8.78 Å². The predicted molar refractivity (Wildman–Crippen MR) is 133 cm³/mol. The van der Waals surface area contributed by atoms with Crippen molar-refractivity contribution in [3.05, 3.63) is 83.6 Å². The second-order valence-electron chi connectivity index (χ2n) is 9.78. The summed E-state index contributed by atoms with van der Waals surface area (Å²) in [5.74, 6) is -0.149. The molecule has 0 spiro atoms. The molecule has 5 aromatic rings. The first-order chi connectivity index (χ1) is 15.8. The summed E-state index contributed by atoms with van der Waals surface area (Å²) in [6, 6.07) is 16.6. The Kier molecular flexibility index (Phi) is 5.40. The van der Waals surface area contributed by atoms with Crippen LogP contribution >= 0.6 is 0 Å². The van der Waals surface area contributed by atoms with Crippen molar-refractivity contribution in [2.75, 3.05) is 0 Å². The first-order valence-electron chi connectivity index (χ1n) is 11.6. The van der Waals surface area contributed by atoms with Crippen molar-refractivity contribution in [3.8, 4) is 11.3 Å². The first kappa shape index (κ1) is 21.6. The van der Waals surface area contributed by atoms with Crippen molar-refractivity contribution in [3.63, 3.8) is 0 Å². The molecule has 0 saturated heterocycles. The van der Waals surface area contributed by atoms with E-state index in [-0.39, 0.29) is 5.56 Å². The molecule has 0 fully saturated rings. The van der Waals surface area contributed by atoms with E-state index in [1.165, 1.54) is 29.3 Å². The van der Waals surface area contributed by atoms with Gasteiger partial charge in [-0.15, -0.1) is 0 Å². The van der Waals surface area contributed by atoms with E-state index in [0.29, 0.717) is 23.2 Å². The maximum absolute atomic E-state index is 14.8. The topological polar surface area (TPSA) is 17.3 Å². The van der Waals surface area contributed by atoms with Crippen molar-refractivity contribution in [2.45, 2.75) is 40.5 Å². The monoisotopic (exact) mass is 442 g/mol. The molecular weight excluding hydrogens is 414 g/mol. The predicted octanol–water partition coefficient (Wildman–Crippen LogP) is 7.98. The Balaban J connectivity index is 1.96. The number of nitrogens with zero attached hydrogens (tertiary/aromatic N) is 2. The normalized spacial score (nSPS) is 12.1. The number of fused-ring (bicyclic) bond motifs is 6. The maximum atomic E-state index is 14.8. The highest BCUT2D eigenvalue weighted by atomic mass is 19.1. The third kappa shape index (κ3) is 3.68. The van der Waals surface area contributed by atoms with Gasteiger partial charge in [0.05, 0.1) is 23.0 Å². The molecule has 0 atom stereocenters. The molecule has 0 aliphatic heterocycles. The van der Waals surface area contributed by atoms with Gasteiger partial charge in [-0.3, -0.25) is 4.40 Å². The highest BCUT2D eigenvalue weighted by molar-refractivity contribution is 6.12.